The second kappa shape index (κ2) is 5.80. The van der Waals surface area contributed by atoms with Crippen LogP contribution < -0.4 is 4.72 Å². The maximum absolute atomic E-state index is 12.1. The molecule has 4 nitrogen and oxygen atoms in total. The highest BCUT2D eigenvalue weighted by molar-refractivity contribution is 9.09. The van der Waals surface area contributed by atoms with Gasteiger partial charge in [0.05, 0.1) is 0 Å². The minimum absolute atomic E-state index is 0.439. The van der Waals surface area contributed by atoms with Gasteiger partial charge in [-0.25, -0.2) is 0 Å². The molecule has 16 heavy (non-hydrogen) atoms. The van der Waals surface area contributed by atoms with Gasteiger partial charge in [0.1, 0.15) is 0 Å². The van der Waals surface area contributed by atoms with Crippen LogP contribution in [0.2, 0.25) is 0 Å². The smallest absolute Gasteiger partial charge is 0.196 e. The van der Waals surface area contributed by atoms with Crippen LogP contribution in [0.4, 0.5) is 0 Å². The SMILES string of the molecule is CC(C)(CBr)NS(=O)(=O)N1CCCCCC1. The summed E-state index contributed by atoms with van der Waals surface area (Å²) in [5.41, 5.74) is -0.439. The number of hydrogen-bond acceptors (Lipinski definition) is 2. The van der Waals surface area contributed by atoms with Gasteiger partial charge in [-0.05, 0) is 26.7 Å². The van der Waals surface area contributed by atoms with Gasteiger partial charge in [-0.15, -0.1) is 0 Å². The largest absolute Gasteiger partial charge is 0.279 e. The van der Waals surface area contributed by atoms with Crippen LogP contribution in [-0.2, 0) is 10.2 Å². The minimum atomic E-state index is -3.32. The Balaban J connectivity index is 2.68. The summed E-state index contributed by atoms with van der Waals surface area (Å²) in [5, 5.41) is 0.604. The molecule has 0 radical (unpaired) electrons. The van der Waals surface area contributed by atoms with Crippen molar-refractivity contribution in [2.75, 3.05) is 18.4 Å². The molecule has 1 aliphatic heterocycles. The van der Waals surface area contributed by atoms with Crippen molar-refractivity contribution in [3.8, 4) is 0 Å². The van der Waals surface area contributed by atoms with Gasteiger partial charge in [0.15, 0.2) is 0 Å². The Labute approximate surface area is 107 Å². The van der Waals surface area contributed by atoms with Crippen LogP contribution in [0.25, 0.3) is 0 Å². The summed E-state index contributed by atoms with van der Waals surface area (Å²) >= 11 is 3.32. The van der Waals surface area contributed by atoms with Crippen LogP contribution in [0.1, 0.15) is 39.5 Å². The molecule has 1 rings (SSSR count). The second-order valence-electron chi connectivity index (χ2n) is 4.94. The van der Waals surface area contributed by atoms with Crippen molar-refractivity contribution in [2.45, 2.75) is 45.1 Å². The highest BCUT2D eigenvalue weighted by atomic mass is 79.9. The van der Waals surface area contributed by atoms with Crippen molar-refractivity contribution in [1.29, 1.82) is 0 Å². The zero-order chi connectivity index (χ0) is 12.2. The molecular weight excluding hydrogens is 292 g/mol. The molecule has 0 bridgehead atoms. The first-order valence-electron chi connectivity index (χ1n) is 5.72. The van der Waals surface area contributed by atoms with E-state index in [2.05, 4.69) is 20.7 Å². The predicted molar refractivity (Wildman–Crippen MR) is 70.0 cm³/mol. The number of nitrogens with one attached hydrogen (secondary N) is 1. The van der Waals surface area contributed by atoms with Crippen LogP contribution in [0.15, 0.2) is 0 Å². The molecule has 0 spiro atoms. The molecule has 0 atom stereocenters. The fraction of sp³-hybridized carbons (Fsp3) is 1.00. The summed E-state index contributed by atoms with van der Waals surface area (Å²) in [4.78, 5) is 0. The number of nitrogens with zero attached hydrogens (tertiary/aromatic N) is 1. The Bertz CT molecular complexity index is 309. The fourth-order valence-electron chi connectivity index (χ4n) is 1.72. The molecule has 0 aromatic heterocycles. The maximum atomic E-state index is 12.1. The van der Waals surface area contributed by atoms with E-state index in [1.807, 2.05) is 13.8 Å². The van der Waals surface area contributed by atoms with Crippen molar-refractivity contribution in [3.63, 3.8) is 0 Å². The van der Waals surface area contributed by atoms with Gasteiger partial charge in [0, 0.05) is 24.0 Å². The van der Waals surface area contributed by atoms with Gasteiger partial charge in [0.2, 0.25) is 0 Å². The topological polar surface area (TPSA) is 49.4 Å². The minimum Gasteiger partial charge on any atom is -0.196 e. The van der Waals surface area contributed by atoms with E-state index in [1.165, 1.54) is 0 Å². The highest BCUT2D eigenvalue weighted by Gasteiger charge is 2.29. The standard InChI is InChI=1S/C10H21BrN2O2S/c1-10(2,9-11)12-16(14,15)13-7-5-3-4-6-8-13/h12H,3-9H2,1-2H3. The van der Waals surface area contributed by atoms with Crippen molar-refractivity contribution in [2.24, 2.45) is 0 Å². The third kappa shape index (κ3) is 4.31. The van der Waals surface area contributed by atoms with Gasteiger partial charge in [0.25, 0.3) is 10.2 Å². The lowest BCUT2D eigenvalue weighted by atomic mass is 10.1. The average Bonchev–Trinajstić information content (AvgIpc) is 2.44. The number of rotatable bonds is 4. The van der Waals surface area contributed by atoms with Gasteiger partial charge in [-0.2, -0.15) is 17.4 Å². The zero-order valence-corrected chi connectivity index (χ0v) is 12.4. The zero-order valence-electron chi connectivity index (χ0n) is 10.00. The summed E-state index contributed by atoms with van der Waals surface area (Å²) in [6.07, 6.45) is 4.20. The van der Waals surface area contributed by atoms with E-state index in [-0.39, 0.29) is 0 Å². The molecule has 1 aliphatic rings. The monoisotopic (exact) mass is 312 g/mol. The van der Waals surface area contributed by atoms with E-state index in [9.17, 15) is 8.42 Å². The maximum Gasteiger partial charge on any atom is 0.279 e. The molecule has 0 aliphatic carbocycles. The van der Waals surface area contributed by atoms with E-state index in [0.29, 0.717) is 18.4 Å². The van der Waals surface area contributed by atoms with Crippen LogP contribution in [0.5, 0.6) is 0 Å². The van der Waals surface area contributed by atoms with Crippen molar-refractivity contribution >= 4 is 26.1 Å². The first-order valence-corrected chi connectivity index (χ1v) is 8.28. The van der Waals surface area contributed by atoms with Crippen LogP contribution >= 0.6 is 15.9 Å². The van der Waals surface area contributed by atoms with E-state index < -0.39 is 15.7 Å². The lowest BCUT2D eigenvalue weighted by Crippen LogP contribution is -2.51. The first kappa shape index (κ1) is 14.4. The van der Waals surface area contributed by atoms with E-state index in [0.717, 1.165) is 25.7 Å². The normalized spacial score (nSPS) is 20.7. The molecule has 0 unspecified atom stereocenters. The molecule has 0 aromatic rings. The lowest BCUT2D eigenvalue weighted by molar-refractivity contribution is 0.395. The molecule has 0 saturated carbocycles. The Hall–Kier alpha value is 0.350. The second-order valence-corrected chi connectivity index (χ2v) is 7.17. The number of alkyl halides is 1. The summed E-state index contributed by atoms with van der Waals surface area (Å²) in [6, 6.07) is 0. The van der Waals surface area contributed by atoms with Gasteiger partial charge in [-0.1, -0.05) is 28.8 Å². The van der Waals surface area contributed by atoms with E-state index in [4.69, 9.17) is 0 Å². The Morgan fingerprint density at radius 2 is 1.69 bits per heavy atom. The van der Waals surface area contributed by atoms with E-state index in [1.54, 1.807) is 4.31 Å². The third-order valence-corrected chi connectivity index (χ3v) is 5.90. The number of halogens is 1. The Morgan fingerprint density at radius 1 is 1.19 bits per heavy atom. The van der Waals surface area contributed by atoms with E-state index >= 15 is 0 Å². The molecule has 1 heterocycles. The summed E-state index contributed by atoms with van der Waals surface area (Å²) in [5.74, 6) is 0. The van der Waals surface area contributed by atoms with Crippen molar-refractivity contribution in [1.82, 2.24) is 9.03 Å². The van der Waals surface area contributed by atoms with Crippen LogP contribution in [0.3, 0.4) is 0 Å². The Kier molecular flexibility index (Phi) is 5.22. The molecule has 0 amide bonds. The summed E-state index contributed by atoms with van der Waals surface area (Å²) < 4.78 is 28.5. The molecule has 6 heteroatoms. The van der Waals surface area contributed by atoms with Crippen molar-refractivity contribution < 1.29 is 8.42 Å². The quantitative estimate of drug-likeness (QED) is 0.806. The molecule has 0 aromatic carbocycles. The van der Waals surface area contributed by atoms with Crippen LogP contribution in [0, 0.1) is 0 Å². The average molecular weight is 313 g/mol. The lowest BCUT2D eigenvalue weighted by Gasteiger charge is -2.28. The summed E-state index contributed by atoms with van der Waals surface area (Å²) in [7, 11) is -3.32. The van der Waals surface area contributed by atoms with Gasteiger partial charge >= 0.3 is 0 Å². The highest BCUT2D eigenvalue weighted by Crippen LogP contribution is 2.15. The van der Waals surface area contributed by atoms with Gasteiger partial charge in [-0.3, -0.25) is 0 Å². The third-order valence-electron chi connectivity index (χ3n) is 2.64. The molecule has 1 saturated heterocycles. The van der Waals surface area contributed by atoms with Crippen LogP contribution in [-0.4, -0.2) is 36.7 Å². The summed E-state index contributed by atoms with van der Waals surface area (Å²) in [6.45, 7) is 5.04. The molecule has 96 valence electrons. The fourth-order valence-corrected chi connectivity index (χ4v) is 3.69. The predicted octanol–water partition coefficient (Wildman–Crippen LogP) is 1.87. The first-order chi connectivity index (χ1) is 7.37. The van der Waals surface area contributed by atoms with Gasteiger partial charge < -0.3 is 0 Å². The molecule has 1 fully saturated rings. The van der Waals surface area contributed by atoms with Crippen molar-refractivity contribution in [3.05, 3.63) is 0 Å². The number of hydrogen-bond donors (Lipinski definition) is 1. The molecule has 1 N–H and O–H groups in total. The Morgan fingerprint density at radius 3 is 2.12 bits per heavy atom. The molecular formula is C10H21BrN2O2S.